The van der Waals surface area contributed by atoms with Crippen LogP contribution in [0.2, 0.25) is 0 Å². The van der Waals surface area contributed by atoms with Gasteiger partial charge in [-0.25, -0.2) is 9.78 Å². The maximum atomic E-state index is 11.6. The van der Waals surface area contributed by atoms with E-state index in [9.17, 15) is 9.59 Å². The summed E-state index contributed by atoms with van der Waals surface area (Å²) in [6.07, 6.45) is 2.43. The van der Waals surface area contributed by atoms with Crippen molar-refractivity contribution in [1.82, 2.24) is 20.5 Å². The highest BCUT2D eigenvalue weighted by Crippen LogP contribution is 1.99. The molecule has 2 heterocycles. The van der Waals surface area contributed by atoms with Crippen LogP contribution in [0.15, 0.2) is 24.4 Å². The third-order valence-electron chi connectivity index (χ3n) is 2.96. The van der Waals surface area contributed by atoms with Crippen LogP contribution in [0.25, 0.3) is 0 Å². The molecule has 0 aliphatic carbocycles. The van der Waals surface area contributed by atoms with Gasteiger partial charge in [0.15, 0.2) is 0 Å². The second-order valence-electron chi connectivity index (χ2n) is 4.58. The molecule has 1 aliphatic heterocycles. The van der Waals surface area contributed by atoms with Gasteiger partial charge in [-0.2, -0.15) is 0 Å². The lowest BCUT2D eigenvalue weighted by Gasteiger charge is -2.26. The van der Waals surface area contributed by atoms with E-state index in [0.717, 1.165) is 19.5 Å². The fourth-order valence-corrected chi connectivity index (χ4v) is 1.98. The molecule has 1 saturated heterocycles. The van der Waals surface area contributed by atoms with Crippen molar-refractivity contribution < 1.29 is 9.59 Å². The van der Waals surface area contributed by atoms with Crippen LogP contribution < -0.4 is 16.0 Å². The zero-order chi connectivity index (χ0) is 14.2. The monoisotopic (exact) mass is 277 g/mol. The number of anilines is 1. The van der Waals surface area contributed by atoms with Gasteiger partial charge in [-0.1, -0.05) is 6.07 Å². The van der Waals surface area contributed by atoms with Gasteiger partial charge in [-0.3, -0.25) is 15.0 Å². The van der Waals surface area contributed by atoms with Crippen molar-refractivity contribution in [2.75, 3.05) is 38.0 Å². The molecular weight excluding hydrogens is 258 g/mol. The molecule has 1 fully saturated rings. The summed E-state index contributed by atoms with van der Waals surface area (Å²) in [5.74, 6) is 0.592. The van der Waals surface area contributed by atoms with Crippen molar-refractivity contribution in [2.45, 2.75) is 6.42 Å². The second kappa shape index (κ2) is 7.44. The van der Waals surface area contributed by atoms with E-state index < -0.39 is 0 Å². The largest absolute Gasteiger partial charge is 0.354 e. The minimum atomic E-state index is -0.264. The number of amides is 3. The van der Waals surface area contributed by atoms with E-state index in [1.807, 2.05) is 6.07 Å². The van der Waals surface area contributed by atoms with Crippen molar-refractivity contribution in [3.8, 4) is 0 Å². The standard InChI is InChI=1S/C13H19N5O2/c19-12-10-18(9-7-15-12)8-3-6-16-13(20)17-11-4-1-2-5-14-11/h1-2,4-5H,3,6-10H2,(H,15,19)(H2,14,16,17,20). The number of piperazine rings is 1. The number of aromatic nitrogens is 1. The number of nitrogens with one attached hydrogen (secondary N) is 3. The first-order chi connectivity index (χ1) is 9.74. The molecule has 0 aromatic carbocycles. The fourth-order valence-electron chi connectivity index (χ4n) is 1.98. The molecule has 3 N–H and O–H groups in total. The first-order valence-electron chi connectivity index (χ1n) is 6.69. The second-order valence-corrected chi connectivity index (χ2v) is 4.58. The molecule has 7 heteroatoms. The molecule has 1 aliphatic rings. The number of hydrogen-bond donors (Lipinski definition) is 3. The van der Waals surface area contributed by atoms with E-state index in [4.69, 9.17) is 0 Å². The molecule has 0 radical (unpaired) electrons. The number of urea groups is 1. The number of nitrogens with zero attached hydrogens (tertiary/aromatic N) is 2. The summed E-state index contributed by atoms with van der Waals surface area (Å²) in [5.41, 5.74) is 0. The zero-order valence-corrected chi connectivity index (χ0v) is 11.3. The van der Waals surface area contributed by atoms with Crippen LogP contribution in [0.5, 0.6) is 0 Å². The maximum Gasteiger partial charge on any atom is 0.320 e. The minimum absolute atomic E-state index is 0.0668. The van der Waals surface area contributed by atoms with Crippen molar-refractivity contribution >= 4 is 17.8 Å². The first kappa shape index (κ1) is 14.3. The van der Waals surface area contributed by atoms with Crippen LogP contribution in [0.3, 0.4) is 0 Å². The van der Waals surface area contributed by atoms with Crippen LogP contribution >= 0.6 is 0 Å². The molecule has 2 rings (SSSR count). The van der Waals surface area contributed by atoms with E-state index >= 15 is 0 Å². The van der Waals surface area contributed by atoms with Crippen LogP contribution in [0.4, 0.5) is 10.6 Å². The summed E-state index contributed by atoms with van der Waals surface area (Å²) in [6.45, 7) is 3.38. The fraction of sp³-hybridized carbons (Fsp3) is 0.462. The predicted octanol–water partition coefficient (Wildman–Crippen LogP) is 0.0250. The number of rotatable bonds is 5. The maximum absolute atomic E-state index is 11.6. The van der Waals surface area contributed by atoms with Crippen molar-refractivity contribution in [2.24, 2.45) is 0 Å². The summed E-state index contributed by atoms with van der Waals surface area (Å²) in [4.78, 5) is 28.8. The number of pyridine rings is 1. The average Bonchev–Trinajstić information content (AvgIpc) is 2.45. The van der Waals surface area contributed by atoms with Gasteiger partial charge in [-0.15, -0.1) is 0 Å². The van der Waals surface area contributed by atoms with E-state index in [2.05, 4.69) is 25.8 Å². The summed E-state index contributed by atoms with van der Waals surface area (Å²) in [7, 11) is 0. The molecule has 0 atom stereocenters. The Labute approximate surface area is 117 Å². The molecule has 108 valence electrons. The Bertz CT molecular complexity index is 451. The highest BCUT2D eigenvalue weighted by Gasteiger charge is 2.14. The molecule has 0 spiro atoms. The Kier molecular flexibility index (Phi) is 5.31. The Balaban J connectivity index is 1.58. The summed E-state index contributed by atoms with van der Waals surface area (Å²) in [5, 5.41) is 8.19. The quantitative estimate of drug-likeness (QED) is 0.663. The lowest BCUT2D eigenvalue weighted by molar-refractivity contribution is -0.124. The molecule has 1 aromatic heterocycles. The van der Waals surface area contributed by atoms with Crippen molar-refractivity contribution in [3.63, 3.8) is 0 Å². The first-order valence-corrected chi connectivity index (χ1v) is 6.69. The van der Waals surface area contributed by atoms with E-state index in [-0.39, 0.29) is 11.9 Å². The van der Waals surface area contributed by atoms with Gasteiger partial charge < -0.3 is 10.6 Å². The van der Waals surface area contributed by atoms with E-state index in [1.165, 1.54) is 0 Å². The van der Waals surface area contributed by atoms with Crippen LogP contribution in [0.1, 0.15) is 6.42 Å². The van der Waals surface area contributed by atoms with Crippen molar-refractivity contribution in [3.05, 3.63) is 24.4 Å². The lowest BCUT2D eigenvalue weighted by atomic mass is 10.3. The van der Waals surface area contributed by atoms with Gasteiger partial charge in [-0.05, 0) is 18.6 Å². The van der Waals surface area contributed by atoms with E-state index in [1.54, 1.807) is 18.3 Å². The molecule has 7 nitrogen and oxygen atoms in total. The third kappa shape index (κ3) is 4.85. The van der Waals surface area contributed by atoms with Crippen molar-refractivity contribution in [1.29, 1.82) is 0 Å². The lowest BCUT2D eigenvalue weighted by Crippen LogP contribution is -2.48. The highest BCUT2D eigenvalue weighted by atomic mass is 16.2. The molecular formula is C13H19N5O2. The Morgan fingerprint density at radius 3 is 3.10 bits per heavy atom. The Morgan fingerprint density at radius 1 is 1.45 bits per heavy atom. The Hall–Kier alpha value is -2.15. The number of hydrogen-bond acceptors (Lipinski definition) is 4. The van der Waals surface area contributed by atoms with Gasteiger partial charge in [0, 0.05) is 32.4 Å². The average molecular weight is 277 g/mol. The van der Waals surface area contributed by atoms with Gasteiger partial charge in [0.05, 0.1) is 6.54 Å². The highest BCUT2D eigenvalue weighted by molar-refractivity contribution is 5.88. The molecule has 3 amide bonds. The van der Waals surface area contributed by atoms with Gasteiger partial charge in [0.1, 0.15) is 5.82 Å². The number of carbonyl (C=O) groups excluding carboxylic acids is 2. The Morgan fingerprint density at radius 2 is 2.35 bits per heavy atom. The molecule has 0 bridgehead atoms. The SMILES string of the molecule is O=C1CN(CCCNC(=O)Nc2ccccn2)CCN1. The molecule has 0 unspecified atom stereocenters. The van der Waals surface area contributed by atoms with Crippen LogP contribution in [0, 0.1) is 0 Å². The third-order valence-corrected chi connectivity index (χ3v) is 2.96. The summed E-state index contributed by atoms with van der Waals surface area (Å²) >= 11 is 0. The normalized spacial score (nSPS) is 15.5. The van der Waals surface area contributed by atoms with E-state index in [0.29, 0.717) is 25.5 Å². The zero-order valence-electron chi connectivity index (χ0n) is 11.3. The summed E-state index contributed by atoms with van der Waals surface area (Å²) in [6, 6.07) is 5.06. The number of carbonyl (C=O) groups is 2. The minimum Gasteiger partial charge on any atom is -0.354 e. The smallest absolute Gasteiger partial charge is 0.320 e. The molecule has 1 aromatic rings. The topological polar surface area (TPSA) is 86.4 Å². The predicted molar refractivity (Wildman–Crippen MR) is 75.3 cm³/mol. The molecule has 0 saturated carbocycles. The molecule has 20 heavy (non-hydrogen) atoms. The summed E-state index contributed by atoms with van der Waals surface area (Å²) < 4.78 is 0. The van der Waals surface area contributed by atoms with Gasteiger partial charge in [0.2, 0.25) is 5.91 Å². The van der Waals surface area contributed by atoms with Crippen LogP contribution in [-0.2, 0) is 4.79 Å². The van der Waals surface area contributed by atoms with Crippen LogP contribution in [-0.4, -0.2) is 54.5 Å². The van der Waals surface area contributed by atoms with Gasteiger partial charge >= 0.3 is 6.03 Å². The van der Waals surface area contributed by atoms with Gasteiger partial charge in [0.25, 0.3) is 0 Å².